The number of amides is 1. The fraction of sp³-hybridized carbons (Fsp3) is 0.538. The first-order valence-electron chi connectivity index (χ1n) is 6.29. The zero-order valence-electron chi connectivity index (χ0n) is 10.7. The van der Waals surface area contributed by atoms with E-state index in [9.17, 15) is 28.6 Å². The van der Waals surface area contributed by atoms with Gasteiger partial charge in [-0.15, -0.1) is 0 Å². The standard InChI is InChI=1S/C13H15F2NO4/c14-12(15)6-3-9(4-7-12)13(10(17)18)5-1-2-8-16(13)11(19)20/h2-3,8H,1,4-7H2,(H,17,18)(H,19,20). The van der Waals surface area contributed by atoms with E-state index >= 15 is 0 Å². The third-order valence-corrected chi connectivity index (χ3v) is 3.84. The summed E-state index contributed by atoms with van der Waals surface area (Å²) in [6.45, 7) is 0. The van der Waals surface area contributed by atoms with Gasteiger partial charge in [-0.2, -0.15) is 0 Å². The zero-order valence-corrected chi connectivity index (χ0v) is 10.7. The number of carboxylic acids is 1. The van der Waals surface area contributed by atoms with Crippen molar-refractivity contribution >= 4 is 12.1 Å². The van der Waals surface area contributed by atoms with Crippen LogP contribution in [0.1, 0.15) is 32.1 Å². The number of hydrogen-bond acceptors (Lipinski definition) is 2. The summed E-state index contributed by atoms with van der Waals surface area (Å²) >= 11 is 0. The molecule has 5 nitrogen and oxygen atoms in total. The van der Waals surface area contributed by atoms with Crippen LogP contribution in [-0.2, 0) is 4.79 Å². The molecule has 0 bridgehead atoms. The average molecular weight is 287 g/mol. The Labute approximate surface area is 114 Å². The topological polar surface area (TPSA) is 77.8 Å². The van der Waals surface area contributed by atoms with E-state index in [1.165, 1.54) is 12.3 Å². The lowest BCUT2D eigenvalue weighted by Gasteiger charge is -2.42. The van der Waals surface area contributed by atoms with Gasteiger partial charge in [-0.3, -0.25) is 4.90 Å². The molecule has 1 atom stereocenters. The molecule has 2 rings (SSSR count). The first kappa shape index (κ1) is 14.5. The molecule has 20 heavy (non-hydrogen) atoms. The van der Waals surface area contributed by atoms with Crippen LogP contribution in [0.3, 0.4) is 0 Å². The van der Waals surface area contributed by atoms with Crippen molar-refractivity contribution in [3.8, 4) is 0 Å². The van der Waals surface area contributed by atoms with Crippen molar-refractivity contribution in [2.45, 2.75) is 43.6 Å². The average Bonchev–Trinajstić information content (AvgIpc) is 2.38. The van der Waals surface area contributed by atoms with Crippen molar-refractivity contribution in [3.05, 3.63) is 23.9 Å². The predicted octanol–water partition coefficient (Wildman–Crippen LogP) is 2.84. The van der Waals surface area contributed by atoms with Gasteiger partial charge in [0.1, 0.15) is 0 Å². The molecule has 1 heterocycles. The monoisotopic (exact) mass is 287 g/mol. The number of halogens is 2. The molecule has 0 aromatic heterocycles. The third-order valence-electron chi connectivity index (χ3n) is 3.84. The SMILES string of the molecule is O=C(O)N1C=CCCC1(C(=O)O)C1=CCC(F)(F)CC1. The number of carbonyl (C=O) groups is 2. The number of alkyl halides is 2. The van der Waals surface area contributed by atoms with E-state index in [4.69, 9.17) is 0 Å². The van der Waals surface area contributed by atoms with Gasteiger partial charge in [-0.05, 0) is 24.8 Å². The Hall–Kier alpha value is -1.92. The molecule has 0 saturated heterocycles. The van der Waals surface area contributed by atoms with Crippen LogP contribution >= 0.6 is 0 Å². The van der Waals surface area contributed by atoms with Gasteiger partial charge < -0.3 is 10.2 Å². The molecule has 110 valence electrons. The lowest BCUT2D eigenvalue weighted by atomic mass is 9.76. The van der Waals surface area contributed by atoms with Crippen LogP contribution in [0.2, 0.25) is 0 Å². The summed E-state index contributed by atoms with van der Waals surface area (Å²) in [6, 6.07) is 0. The molecule has 1 aliphatic carbocycles. The minimum atomic E-state index is -2.85. The van der Waals surface area contributed by atoms with Crippen molar-refractivity contribution in [3.63, 3.8) is 0 Å². The Morgan fingerprint density at radius 1 is 1.25 bits per heavy atom. The van der Waals surface area contributed by atoms with Crippen molar-refractivity contribution < 1.29 is 28.6 Å². The van der Waals surface area contributed by atoms with Gasteiger partial charge in [0.05, 0.1) is 0 Å². The maximum Gasteiger partial charge on any atom is 0.412 e. The Kier molecular flexibility index (Phi) is 3.54. The van der Waals surface area contributed by atoms with Crippen LogP contribution in [0.5, 0.6) is 0 Å². The second-order valence-corrected chi connectivity index (χ2v) is 5.03. The van der Waals surface area contributed by atoms with Gasteiger partial charge in [0.15, 0.2) is 5.54 Å². The van der Waals surface area contributed by atoms with E-state index in [2.05, 4.69) is 0 Å². The highest BCUT2D eigenvalue weighted by Gasteiger charge is 2.51. The molecule has 0 aromatic carbocycles. The lowest BCUT2D eigenvalue weighted by Crippen LogP contribution is -2.57. The van der Waals surface area contributed by atoms with E-state index in [0.717, 1.165) is 0 Å². The summed E-state index contributed by atoms with van der Waals surface area (Å²) in [4.78, 5) is 23.7. The van der Waals surface area contributed by atoms with E-state index in [1.807, 2.05) is 0 Å². The lowest BCUT2D eigenvalue weighted by molar-refractivity contribution is -0.147. The molecule has 1 amide bonds. The molecule has 0 radical (unpaired) electrons. The highest BCUT2D eigenvalue weighted by Crippen LogP contribution is 2.42. The highest BCUT2D eigenvalue weighted by molar-refractivity contribution is 5.88. The molecule has 1 aliphatic heterocycles. The molecule has 0 aromatic rings. The third kappa shape index (κ3) is 2.28. The first-order chi connectivity index (χ1) is 9.29. The van der Waals surface area contributed by atoms with Crippen LogP contribution in [-0.4, -0.2) is 38.6 Å². The van der Waals surface area contributed by atoms with Crippen molar-refractivity contribution in [2.24, 2.45) is 0 Å². The van der Waals surface area contributed by atoms with E-state index in [-0.39, 0.29) is 18.4 Å². The van der Waals surface area contributed by atoms with Crippen molar-refractivity contribution in [1.29, 1.82) is 0 Å². The fourth-order valence-corrected chi connectivity index (χ4v) is 2.78. The number of carboxylic acid groups (broad SMARTS) is 2. The van der Waals surface area contributed by atoms with E-state index < -0.39 is 36.4 Å². The summed E-state index contributed by atoms with van der Waals surface area (Å²) in [5.41, 5.74) is -1.50. The highest BCUT2D eigenvalue weighted by atomic mass is 19.3. The van der Waals surface area contributed by atoms with Crippen LogP contribution in [0, 0.1) is 0 Å². The van der Waals surface area contributed by atoms with Crippen LogP contribution < -0.4 is 0 Å². The molecule has 7 heteroatoms. The smallest absolute Gasteiger partial charge is 0.412 e. The fourth-order valence-electron chi connectivity index (χ4n) is 2.78. The van der Waals surface area contributed by atoms with Crippen molar-refractivity contribution in [1.82, 2.24) is 4.90 Å². The molecular weight excluding hydrogens is 272 g/mol. The molecule has 2 N–H and O–H groups in total. The Morgan fingerprint density at radius 3 is 2.45 bits per heavy atom. The minimum Gasteiger partial charge on any atom is -0.479 e. The normalized spacial score (nSPS) is 28.9. The number of allylic oxidation sites excluding steroid dienone is 2. The maximum atomic E-state index is 13.2. The van der Waals surface area contributed by atoms with E-state index in [0.29, 0.717) is 11.3 Å². The minimum absolute atomic E-state index is 0.0581. The van der Waals surface area contributed by atoms with Crippen LogP contribution in [0.4, 0.5) is 13.6 Å². The maximum absolute atomic E-state index is 13.2. The zero-order chi connectivity index (χ0) is 15.0. The quantitative estimate of drug-likeness (QED) is 0.765. The Morgan fingerprint density at radius 2 is 1.95 bits per heavy atom. The molecule has 0 fully saturated rings. The summed E-state index contributed by atoms with van der Waals surface area (Å²) in [5.74, 6) is -4.16. The van der Waals surface area contributed by atoms with Crippen LogP contribution in [0.25, 0.3) is 0 Å². The van der Waals surface area contributed by atoms with E-state index in [1.54, 1.807) is 6.08 Å². The summed E-state index contributed by atoms with van der Waals surface area (Å²) in [5, 5.41) is 18.7. The number of hydrogen-bond donors (Lipinski definition) is 2. The largest absolute Gasteiger partial charge is 0.479 e. The second kappa shape index (κ2) is 4.88. The molecule has 0 saturated carbocycles. The summed E-state index contributed by atoms with van der Waals surface area (Å²) < 4.78 is 26.4. The van der Waals surface area contributed by atoms with Gasteiger partial charge in [-0.25, -0.2) is 18.4 Å². The van der Waals surface area contributed by atoms with Crippen molar-refractivity contribution in [2.75, 3.05) is 0 Å². The van der Waals surface area contributed by atoms with Crippen LogP contribution in [0.15, 0.2) is 23.9 Å². The number of aliphatic carboxylic acids is 1. The van der Waals surface area contributed by atoms with Gasteiger partial charge in [0.25, 0.3) is 5.92 Å². The van der Waals surface area contributed by atoms with Gasteiger partial charge in [0.2, 0.25) is 0 Å². The number of rotatable bonds is 2. The predicted molar refractivity (Wildman–Crippen MR) is 65.5 cm³/mol. The Bertz CT molecular complexity index is 501. The Balaban J connectivity index is 2.45. The van der Waals surface area contributed by atoms with Gasteiger partial charge in [0, 0.05) is 19.0 Å². The number of nitrogens with zero attached hydrogens (tertiary/aromatic N) is 1. The molecule has 0 spiro atoms. The summed E-state index contributed by atoms with van der Waals surface area (Å²) in [7, 11) is 0. The van der Waals surface area contributed by atoms with Gasteiger partial charge in [-0.1, -0.05) is 12.2 Å². The second-order valence-electron chi connectivity index (χ2n) is 5.03. The first-order valence-corrected chi connectivity index (χ1v) is 6.29. The molecule has 2 aliphatic rings. The molecular formula is C13H15F2NO4. The van der Waals surface area contributed by atoms with Gasteiger partial charge >= 0.3 is 12.1 Å². The molecule has 1 unspecified atom stereocenters. The summed E-state index contributed by atoms with van der Waals surface area (Å²) in [6.07, 6.45) is 1.89.